The Hall–Kier alpha value is -2.89. The van der Waals surface area contributed by atoms with Gasteiger partial charge in [-0.05, 0) is 24.3 Å². The number of rotatable bonds is 8. The van der Waals surface area contributed by atoms with Crippen LogP contribution in [0.4, 0.5) is 0 Å². The van der Waals surface area contributed by atoms with E-state index in [9.17, 15) is 4.79 Å². The highest BCUT2D eigenvalue weighted by molar-refractivity contribution is 8.02. The molecule has 156 valence electrons. The summed E-state index contributed by atoms with van der Waals surface area (Å²) in [6, 6.07) is 30.6. The lowest BCUT2D eigenvalue weighted by Gasteiger charge is -2.07. The average molecular weight is 447 g/mol. The van der Waals surface area contributed by atoms with E-state index in [2.05, 4.69) is 36.4 Å². The van der Waals surface area contributed by atoms with E-state index in [4.69, 9.17) is 9.15 Å². The predicted molar refractivity (Wildman–Crippen MR) is 126 cm³/mol. The fourth-order valence-electron chi connectivity index (χ4n) is 3.12. The summed E-state index contributed by atoms with van der Waals surface area (Å²) in [7, 11) is 1.41. The van der Waals surface area contributed by atoms with Gasteiger partial charge in [0.15, 0.2) is 0 Å². The number of aryl methyl sites for hydroxylation is 1. The zero-order valence-corrected chi connectivity index (χ0v) is 18.7. The Morgan fingerprint density at radius 2 is 1.29 bits per heavy atom. The van der Waals surface area contributed by atoms with Crippen LogP contribution in [-0.4, -0.2) is 13.1 Å². The predicted octanol–water partition coefficient (Wildman–Crippen LogP) is 7.35. The van der Waals surface area contributed by atoms with Gasteiger partial charge in [-0.1, -0.05) is 90.3 Å². The van der Waals surface area contributed by atoms with Crippen molar-refractivity contribution in [3.63, 3.8) is 0 Å². The Bertz CT molecular complexity index is 1120. The lowest BCUT2D eigenvalue weighted by Crippen LogP contribution is -2.01. The minimum atomic E-state index is -0.245. The third-order valence-electron chi connectivity index (χ3n) is 4.64. The molecule has 0 radical (unpaired) electrons. The molecule has 0 aliphatic rings. The van der Waals surface area contributed by atoms with Crippen LogP contribution in [0.15, 0.2) is 115 Å². The monoisotopic (exact) mass is 446 g/mol. The smallest absolute Gasteiger partial charge is 0.305 e. The molecule has 1 heterocycles. The van der Waals surface area contributed by atoms with Crippen LogP contribution in [0.1, 0.15) is 12.2 Å². The molecule has 0 aliphatic carbocycles. The van der Waals surface area contributed by atoms with Crippen LogP contribution in [0.5, 0.6) is 0 Å². The van der Waals surface area contributed by atoms with Gasteiger partial charge in [-0.15, -0.1) is 0 Å². The van der Waals surface area contributed by atoms with Gasteiger partial charge in [0.2, 0.25) is 0 Å². The van der Waals surface area contributed by atoms with Gasteiger partial charge < -0.3 is 9.15 Å². The first-order valence-corrected chi connectivity index (χ1v) is 11.6. The summed E-state index contributed by atoms with van der Waals surface area (Å²) >= 11 is 3.35. The summed E-state index contributed by atoms with van der Waals surface area (Å²) in [5.41, 5.74) is 1.01. The van der Waals surface area contributed by atoms with Crippen molar-refractivity contribution < 1.29 is 13.9 Å². The number of ether oxygens (including phenoxy) is 1. The lowest BCUT2D eigenvalue weighted by molar-refractivity contribution is -0.140. The van der Waals surface area contributed by atoms with Crippen LogP contribution in [0.3, 0.4) is 0 Å². The van der Waals surface area contributed by atoms with E-state index < -0.39 is 0 Å². The topological polar surface area (TPSA) is 39.4 Å². The van der Waals surface area contributed by atoms with E-state index in [1.807, 2.05) is 54.6 Å². The summed E-state index contributed by atoms with van der Waals surface area (Å²) in [5.74, 6) is 1.38. The molecule has 0 unspecified atom stereocenters. The molecule has 5 heteroatoms. The number of esters is 1. The standard InChI is InChI=1S/C26H22O3S2/c1-28-23(27)18-17-22-25(30-20-13-7-3-8-14-20)26(31-21-15-9-4-10-16-21)24(29-22)19-11-5-2-6-12-19/h2-16H,17-18H2,1H3. The van der Waals surface area contributed by atoms with E-state index in [0.29, 0.717) is 6.42 Å². The van der Waals surface area contributed by atoms with Crippen LogP contribution in [-0.2, 0) is 16.0 Å². The fraction of sp³-hybridized carbons (Fsp3) is 0.115. The highest BCUT2D eigenvalue weighted by Crippen LogP contribution is 2.48. The molecular formula is C26H22O3S2. The molecule has 0 bridgehead atoms. The van der Waals surface area contributed by atoms with Crippen LogP contribution in [0.2, 0.25) is 0 Å². The molecule has 0 spiro atoms. The normalized spacial score (nSPS) is 10.7. The molecule has 31 heavy (non-hydrogen) atoms. The van der Waals surface area contributed by atoms with Crippen molar-refractivity contribution in [1.82, 2.24) is 0 Å². The van der Waals surface area contributed by atoms with Gasteiger partial charge in [-0.25, -0.2) is 0 Å². The number of benzene rings is 3. The molecule has 4 rings (SSSR count). The maximum Gasteiger partial charge on any atom is 0.305 e. The highest BCUT2D eigenvalue weighted by atomic mass is 32.2. The minimum absolute atomic E-state index is 0.245. The first-order chi connectivity index (χ1) is 15.2. The largest absolute Gasteiger partial charge is 0.469 e. The summed E-state index contributed by atoms with van der Waals surface area (Å²) < 4.78 is 11.3. The fourth-order valence-corrected chi connectivity index (χ4v) is 5.33. The number of methoxy groups -OCH3 is 1. The Labute approximate surface area is 190 Å². The van der Waals surface area contributed by atoms with Crippen LogP contribution in [0.25, 0.3) is 11.3 Å². The van der Waals surface area contributed by atoms with Crippen molar-refractivity contribution in [3.05, 3.63) is 96.8 Å². The van der Waals surface area contributed by atoms with Crippen molar-refractivity contribution >= 4 is 29.5 Å². The van der Waals surface area contributed by atoms with Gasteiger partial charge in [0, 0.05) is 21.8 Å². The van der Waals surface area contributed by atoms with Crippen molar-refractivity contribution in [2.75, 3.05) is 7.11 Å². The van der Waals surface area contributed by atoms with Crippen molar-refractivity contribution in [2.45, 2.75) is 32.4 Å². The molecule has 0 N–H and O–H groups in total. The SMILES string of the molecule is COC(=O)CCc1oc(-c2ccccc2)c(Sc2ccccc2)c1Sc1ccccc1. The maximum absolute atomic E-state index is 11.8. The Morgan fingerprint density at radius 3 is 1.84 bits per heavy atom. The molecular weight excluding hydrogens is 424 g/mol. The number of hydrogen-bond donors (Lipinski definition) is 0. The molecule has 1 aromatic heterocycles. The quantitative estimate of drug-likeness (QED) is 0.265. The van der Waals surface area contributed by atoms with Gasteiger partial charge in [0.05, 0.1) is 23.3 Å². The van der Waals surface area contributed by atoms with Crippen LogP contribution in [0, 0.1) is 0 Å². The summed E-state index contributed by atoms with van der Waals surface area (Å²) in [6.07, 6.45) is 0.757. The molecule has 0 amide bonds. The Morgan fingerprint density at radius 1 is 0.774 bits per heavy atom. The van der Waals surface area contributed by atoms with E-state index in [0.717, 1.165) is 36.7 Å². The van der Waals surface area contributed by atoms with Gasteiger partial charge in [0.1, 0.15) is 11.5 Å². The Balaban J connectivity index is 1.82. The number of hydrogen-bond acceptors (Lipinski definition) is 5. The molecule has 0 saturated heterocycles. The van der Waals surface area contributed by atoms with Gasteiger partial charge in [0.25, 0.3) is 0 Å². The zero-order valence-electron chi connectivity index (χ0n) is 17.1. The van der Waals surface area contributed by atoms with E-state index in [-0.39, 0.29) is 12.4 Å². The third kappa shape index (κ3) is 5.43. The van der Waals surface area contributed by atoms with Crippen molar-refractivity contribution in [1.29, 1.82) is 0 Å². The van der Waals surface area contributed by atoms with Crippen molar-refractivity contribution in [3.8, 4) is 11.3 Å². The maximum atomic E-state index is 11.8. The second-order valence-electron chi connectivity index (χ2n) is 6.78. The Kier molecular flexibility index (Phi) is 7.18. The molecule has 4 aromatic rings. The van der Waals surface area contributed by atoms with Crippen LogP contribution < -0.4 is 0 Å². The van der Waals surface area contributed by atoms with E-state index in [1.165, 1.54) is 7.11 Å². The average Bonchev–Trinajstić information content (AvgIpc) is 3.16. The van der Waals surface area contributed by atoms with Crippen molar-refractivity contribution in [2.24, 2.45) is 0 Å². The molecule has 0 atom stereocenters. The molecule has 3 nitrogen and oxygen atoms in total. The zero-order chi connectivity index (χ0) is 21.5. The number of carbonyl (C=O) groups is 1. The summed E-state index contributed by atoms with van der Waals surface area (Å²) in [6.45, 7) is 0. The van der Waals surface area contributed by atoms with Gasteiger partial charge in [-0.2, -0.15) is 0 Å². The summed E-state index contributed by atoms with van der Waals surface area (Å²) in [4.78, 5) is 16.2. The molecule has 0 saturated carbocycles. The van der Waals surface area contributed by atoms with Crippen LogP contribution >= 0.6 is 23.5 Å². The second-order valence-corrected chi connectivity index (χ2v) is 8.95. The number of furan rings is 1. The van der Waals surface area contributed by atoms with Gasteiger partial charge >= 0.3 is 5.97 Å². The minimum Gasteiger partial charge on any atom is -0.469 e. The second kappa shape index (κ2) is 10.4. The van der Waals surface area contributed by atoms with E-state index in [1.54, 1.807) is 23.5 Å². The number of carbonyl (C=O) groups excluding carboxylic acids is 1. The molecule has 3 aromatic carbocycles. The van der Waals surface area contributed by atoms with Gasteiger partial charge in [-0.3, -0.25) is 4.79 Å². The summed E-state index contributed by atoms with van der Waals surface area (Å²) in [5, 5.41) is 0. The molecule has 0 aliphatic heterocycles. The van der Waals surface area contributed by atoms with E-state index >= 15 is 0 Å². The lowest BCUT2D eigenvalue weighted by atomic mass is 10.2. The third-order valence-corrected chi connectivity index (χ3v) is 7.01. The highest BCUT2D eigenvalue weighted by Gasteiger charge is 2.24. The first-order valence-electron chi connectivity index (χ1n) is 9.98. The first kappa shape index (κ1) is 21.3. The molecule has 0 fully saturated rings.